The zero-order valence-electron chi connectivity index (χ0n) is 22.5. The lowest BCUT2D eigenvalue weighted by molar-refractivity contribution is -0.141. The predicted octanol–water partition coefficient (Wildman–Crippen LogP) is 0.518. The molecule has 0 aromatic carbocycles. The van der Waals surface area contributed by atoms with Crippen molar-refractivity contribution in [2.24, 2.45) is 5.92 Å². The SMILES string of the molecule is CC(C)(C)OC(=O)N[C@H]1CCNCCCC[C@H]2C[C@@]2(C(=O)NS(=O)(=O)C2CC2)NC(=O)[C@@H]2CCCN2C1=O. The molecule has 4 aliphatic rings. The molecular formula is C25H41N5O7S. The fourth-order valence-electron chi connectivity index (χ4n) is 5.37. The van der Waals surface area contributed by atoms with Gasteiger partial charge in [0.05, 0.1) is 5.25 Å². The van der Waals surface area contributed by atoms with Crippen LogP contribution in [-0.4, -0.2) is 85.2 Å². The van der Waals surface area contributed by atoms with Crippen LogP contribution in [0.3, 0.4) is 0 Å². The van der Waals surface area contributed by atoms with Crippen molar-refractivity contribution in [1.29, 1.82) is 0 Å². The van der Waals surface area contributed by atoms with E-state index in [9.17, 15) is 27.6 Å². The van der Waals surface area contributed by atoms with E-state index < -0.39 is 56.4 Å². The van der Waals surface area contributed by atoms with Gasteiger partial charge in [-0.15, -0.1) is 0 Å². The van der Waals surface area contributed by atoms with Crippen LogP contribution in [0.25, 0.3) is 0 Å². The van der Waals surface area contributed by atoms with Crippen LogP contribution in [0.4, 0.5) is 4.79 Å². The zero-order chi connectivity index (χ0) is 27.7. The van der Waals surface area contributed by atoms with Crippen LogP contribution in [0, 0.1) is 5.92 Å². The van der Waals surface area contributed by atoms with Gasteiger partial charge in [-0.1, -0.05) is 6.42 Å². The van der Waals surface area contributed by atoms with Crippen molar-refractivity contribution in [2.45, 2.75) is 107 Å². The van der Waals surface area contributed by atoms with Crippen molar-refractivity contribution in [2.75, 3.05) is 19.6 Å². The van der Waals surface area contributed by atoms with Gasteiger partial charge in [-0.3, -0.25) is 19.1 Å². The van der Waals surface area contributed by atoms with Crippen LogP contribution in [0.15, 0.2) is 0 Å². The Morgan fingerprint density at radius 1 is 1.03 bits per heavy atom. The van der Waals surface area contributed by atoms with Crippen LogP contribution in [0.1, 0.15) is 78.6 Å². The second-order valence-corrected chi connectivity index (χ2v) is 13.9. The van der Waals surface area contributed by atoms with Gasteiger partial charge >= 0.3 is 6.09 Å². The molecule has 4 rings (SSSR count). The molecule has 0 spiro atoms. The number of carbonyl (C=O) groups is 4. The Labute approximate surface area is 224 Å². The van der Waals surface area contributed by atoms with Gasteiger partial charge < -0.3 is 25.6 Å². The molecule has 2 aliphatic heterocycles. The standard InChI is InChI=1S/C25H41N5O7S/c1-24(2,3)37-23(34)27-18-11-13-26-12-5-4-7-16-15-25(16,22(33)29-38(35,36)17-9-10-17)28-20(31)19-8-6-14-30(19)21(18)32/h16-19,26H,4-15H2,1-3H3,(H,27,34)(H,28,31)(H,29,33)/t16-,18-,19-,25+/m0/s1. The van der Waals surface area contributed by atoms with E-state index in [2.05, 4.69) is 20.7 Å². The Balaban J connectivity index is 1.52. The van der Waals surface area contributed by atoms with E-state index in [0.717, 1.165) is 12.8 Å². The van der Waals surface area contributed by atoms with E-state index in [1.165, 1.54) is 4.90 Å². The zero-order valence-corrected chi connectivity index (χ0v) is 23.3. The number of ether oxygens (including phenoxy) is 1. The smallest absolute Gasteiger partial charge is 0.408 e. The highest BCUT2D eigenvalue weighted by Gasteiger charge is 2.62. The molecule has 4 atom stereocenters. The van der Waals surface area contributed by atoms with E-state index in [4.69, 9.17) is 4.74 Å². The maximum atomic E-state index is 13.6. The van der Waals surface area contributed by atoms with Crippen molar-refractivity contribution >= 4 is 33.8 Å². The van der Waals surface area contributed by atoms with Gasteiger partial charge in [0.15, 0.2) is 0 Å². The summed E-state index contributed by atoms with van der Waals surface area (Å²) in [5.74, 6) is -1.71. The lowest BCUT2D eigenvalue weighted by Crippen LogP contribution is -2.58. The Kier molecular flexibility index (Phi) is 8.27. The Hall–Kier alpha value is -2.41. The molecule has 0 unspecified atom stereocenters. The van der Waals surface area contributed by atoms with Crippen molar-refractivity contribution in [3.05, 3.63) is 0 Å². The van der Waals surface area contributed by atoms with E-state index in [-0.39, 0.29) is 11.8 Å². The van der Waals surface area contributed by atoms with E-state index in [0.29, 0.717) is 64.6 Å². The van der Waals surface area contributed by atoms with Crippen LogP contribution < -0.4 is 20.7 Å². The number of carbonyl (C=O) groups excluding carboxylic acids is 4. The second-order valence-electron chi connectivity index (χ2n) is 12.0. The third-order valence-corrected chi connectivity index (χ3v) is 9.47. The molecule has 2 saturated carbocycles. The fraction of sp³-hybridized carbons (Fsp3) is 0.840. The van der Waals surface area contributed by atoms with Crippen LogP contribution in [0.5, 0.6) is 0 Å². The molecule has 0 aromatic heterocycles. The molecule has 2 heterocycles. The van der Waals surface area contributed by atoms with Gasteiger partial charge in [0, 0.05) is 6.54 Å². The van der Waals surface area contributed by atoms with Gasteiger partial charge in [0.1, 0.15) is 23.2 Å². The number of hydrogen-bond donors (Lipinski definition) is 4. The summed E-state index contributed by atoms with van der Waals surface area (Å²) >= 11 is 0. The highest BCUT2D eigenvalue weighted by atomic mass is 32.2. The summed E-state index contributed by atoms with van der Waals surface area (Å²) in [4.78, 5) is 54.2. The van der Waals surface area contributed by atoms with Crippen LogP contribution >= 0.6 is 0 Å². The van der Waals surface area contributed by atoms with E-state index in [1.807, 2.05) is 0 Å². The first kappa shape index (κ1) is 28.6. The first-order valence-electron chi connectivity index (χ1n) is 13.7. The molecule has 0 radical (unpaired) electrons. The fourth-order valence-corrected chi connectivity index (χ4v) is 6.74. The molecule has 0 bridgehead atoms. The van der Waals surface area contributed by atoms with Gasteiger partial charge in [-0.05, 0) is 91.1 Å². The number of amides is 4. The second kappa shape index (κ2) is 11.0. The molecule has 214 valence electrons. The van der Waals surface area contributed by atoms with E-state index >= 15 is 0 Å². The molecule has 4 fully saturated rings. The minimum Gasteiger partial charge on any atom is -0.444 e. The maximum Gasteiger partial charge on any atom is 0.408 e. The number of fused-ring (bicyclic) bond motifs is 2. The molecule has 0 aromatic rings. The van der Waals surface area contributed by atoms with Gasteiger partial charge in [-0.2, -0.15) is 0 Å². The van der Waals surface area contributed by atoms with E-state index in [1.54, 1.807) is 20.8 Å². The average molecular weight is 556 g/mol. The number of rotatable bonds is 4. The average Bonchev–Trinajstić information content (AvgIpc) is 3.72. The van der Waals surface area contributed by atoms with Gasteiger partial charge in [0.25, 0.3) is 5.91 Å². The molecule has 38 heavy (non-hydrogen) atoms. The monoisotopic (exact) mass is 555 g/mol. The number of nitrogens with zero attached hydrogens (tertiary/aromatic N) is 1. The minimum absolute atomic E-state index is 0.168. The summed E-state index contributed by atoms with van der Waals surface area (Å²) in [6.45, 7) is 6.73. The molecule has 12 nitrogen and oxygen atoms in total. The lowest BCUT2D eigenvalue weighted by Gasteiger charge is -2.30. The van der Waals surface area contributed by atoms with Crippen LogP contribution in [-0.2, 0) is 29.1 Å². The number of alkyl carbamates (subject to hydrolysis) is 1. The summed E-state index contributed by atoms with van der Waals surface area (Å²) in [7, 11) is -3.77. The highest BCUT2D eigenvalue weighted by Crippen LogP contribution is 2.48. The summed E-state index contributed by atoms with van der Waals surface area (Å²) < 4.78 is 32.5. The summed E-state index contributed by atoms with van der Waals surface area (Å²) in [5, 5.41) is 8.28. The number of nitrogens with one attached hydrogen (secondary N) is 4. The normalized spacial score (nSPS) is 31.1. The highest BCUT2D eigenvalue weighted by molar-refractivity contribution is 7.91. The summed E-state index contributed by atoms with van der Waals surface area (Å²) in [6, 6.07) is -1.69. The van der Waals surface area contributed by atoms with Crippen molar-refractivity contribution in [3.8, 4) is 0 Å². The Morgan fingerprint density at radius 2 is 1.76 bits per heavy atom. The third kappa shape index (κ3) is 6.77. The lowest BCUT2D eigenvalue weighted by atomic mass is 10.1. The molecule has 4 N–H and O–H groups in total. The van der Waals surface area contributed by atoms with Gasteiger partial charge in [0.2, 0.25) is 21.8 Å². The number of sulfonamides is 1. The molecule has 2 aliphatic carbocycles. The van der Waals surface area contributed by atoms with Crippen molar-refractivity contribution < 1.29 is 32.3 Å². The third-order valence-electron chi connectivity index (χ3n) is 7.65. The number of hydrogen-bond acceptors (Lipinski definition) is 8. The first-order chi connectivity index (χ1) is 17.8. The van der Waals surface area contributed by atoms with Gasteiger partial charge in [-0.25, -0.2) is 13.2 Å². The molecule has 13 heteroatoms. The molecule has 4 amide bonds. The Morgan fingerprint density at radius 3 is 2.45 bits per heavy atom. The maximum absolute atomic E-state index is 13.6. The molecular weight excluding hydrogens is 514 g/mol. The quantitative estimate of drug-likeness (QED) is 0.390. The van der Waals surface area contributed by atoms with Crippen LogP contribution in [0.2, 0.25) is 0 Å². The summed E-state index contributed by atoms with van der Waals surface area (Å²) in [5.41, 5.74) is -2.03. The topological polar surface area (TPSA) is 163 Å². The minimum atomic E-state index is -3.77. The van der Waals surface area contributed by atoms with Crippen molar-refractivity contribution in [3.63, 3.8) is 0 Å². The van der Waals surface area contributed by atoms with Crippen molar-refractivity contribution in [1.82, 2.24) is 25.6 Å². The molecule has 2 saturated heterocycles. The first-order valence-corrected chi connectivity index (χ1v) is 15.3. The summed E-state index contributed by atoms with van der Waals surface area (Å²) in [6.07, 6.45) is 4.33. The largest absolute Gasteiger partial charge is 0.444 e. The predicted molar refractivity (Wildman–Crippen MR) is 138 cm³/mol. The Bertz CT molecular complexity index is 1050.